The maximum Gasteiger partial charge on any atom is 0.303 e. The molecule has 1 aromatic heterocycles. The van der Waals surface area contributed by atoms with E-state index < -0.39 is 5.97 Å². The van der Waals surface area contributed by atoms with Gasteiger partial charge in [-0.1, -0.05) is 12.1 Å². The SMILES string of the molecule is Cc1c(CCC(=O)O)[nH]c2c(F)cccc12. The highest BCUT2D eigenvalue weighted by molar-refractivity contribution is 5.85. The predicted octanol–water partition coefficient (Wildman–Crippen LogP) is 2.63. The third-order valence-corrected chi connectivity index (χ3v) is 2.74. The average Bonchev–Trinajstić information content (AvgIpc) is 2.55. The lowest BCUT2D eigenvalue weighted by molar-refractivity contribution is -0.136. The molecule has 3 nitrogen and oxygen atoms in total. The summed E-state index contributed by atoms with van der Waals surface area (Å²) < 4.78 is 13.4. The number of benzene rings is 1. The predicted molar refractivity (Wildman–Crippen MR) is 59.0 cm³/mol. The molecule has 0 fully saturated rings. The van der Waals surface area contributed by atoms with E-state index in [4.69, 9.17) is 5.11 Å². The molecule has 16 heavy (non-hydrogen) atoms. The fourth-order valence-electron chi connectivity index (χ4n) is 1.85. The molecule has 0 atom stereocenters. The Morgan fingerprint density at radius 3 is 2.88 bits per heavy atom. The van der Waals surface area contributed by atoms with Crippen molar-refractivity contribution < 1.29 is 14.3 Å². The Bertz CT molecular complexity index is 545. The highest BCUT2D eigenvalue weighted by Crippen LogP contribution is 2.24. The quantitative estimate of drug-likeness (QED) is 0.837. The first-order chi connectivity index (χ1) is 7.59. The second-order valence-electron chi connectivity index (χ2n) is 3.78. The van der Waals surface area contributed by atoms with E-state index in [1.165, 1.54) is 6.07 Å². The van der Waals surface area contributed by atoms with Crippen LogP contribution in [0.15, 0.2) is 18.2 Å². The minimum Gasteiger partial charge on any atom is -0.481 e. The molecule has 0 saturated carbocycles. The molecule has 0 unspecified atom stereocenters. The highest BCUT2D eigenvalue weighted by Gasteiger charge is 2.11. The number of aliphatic carboxylic acids is 1. The maximum absolute atomic E-state index is 13.4. The molecule has 4 heteroatoms. The molecular formula is C12H12FNO2. The van der Waals surface area contributed by atoms with Crippen LogP contribution in [0.5, 0.6) is 0 Å². The van der Waals surface area contributed by atoms with Crippen LogP contribution in [0.2, 0.25) is 0 Å². The van der Waals surface area contributed by atoms with Crippen LogP contribution in [0, 0.1) is 12.7 Å². The van der Waals surface area contributed by atoms with Crippen LogP contribution in [-0.4, -0.2) is 16.1 Å². The molecule has 0 aliphatic carbocycles. The van der Waals surface area contributed by atoms with E-state index in [9.17, 15) is 9.18 Å². The number of carboxylic acids is 1. The number of aryl methyl sites for hydroxylation is 2. The monoisotopic (exact) mass is 221 g/mol. The normalized spacial score (nSPS) is 10.9. The standard InChI is InChI=1S/C12H12FNO2/c1-7-8-3-2-4-9(13)12(8)14-10(7)5-6-11(15)16/h2-4,14H,5-6H2,1H3,(H,15,16). The first kappa shape index (κ1) is 10.7. The number of fused-ring (bicyclic) bond motifs is 1. The summed E-state index contributed by atoms with van der Waals surface area (Å²) in [5, 5.41) is 9.43. The Morgan fingerprint density at radius 2 is 2.25 bits per heavy atom. The minimum atomic E-state index is -0.849. The van der Waals surface area contributed by atoms with Gasteiger partial charge in [-0.15, -0.1) is 0 Å². The van der Waals surface area contributed by atoms with Crippen molar-refractivity contribution in [2.75, 3.05) is 0 Å². The van der Waals surface area contributed by atoms with Crippen LogP contribution in [0.1, 0.15) is 17.7 Å². The van der Waals surface area contributed by atoms with Gasteiger partial charge in [0, 0.05) is 11.1 Å². The summed E-state index contributed by atoms with van der Waals surface area (Å²) in [5.41, 5.74) is 2.18. The van der Waals surface area contributed by atoms with Crippen molar-refractivity contribution in [2.45, 2.75) is 19.8 Å². The number of H-pyrrole nitrogens is 1. The molecule has 2 N–H and O–H groups in total. The number of nitrogens with one attached hydrogen (secondary N) is 1. The first-order valence-electron chi connectivity index (χ1n) is 5.07. The fourth-order valence-corrected chi connectivity index (χ4v) is 1.85. The van der Waals surface area contributed by atoms with Crippen LogP contribution in [0.25, 0.3) is 10.9 Å². The van der Waals surface area contributed by atoms with E-state index in [1.807, 2.05) is 13.0 Å². The molecule has 0 amide bonds. The van der Waals surface area contributed by atoms with Gasteiger partial charge in [-0.05, 0) is 25.0 Å². The highest BCUT2D eigenvalue weighted by atomic mass is 19.1. The van der Waals surface area contributed by atoms with E-state index >= 15 is 0 Å². The largest absolute Gasteiger partial charge is 0.481 e. The molecule has 0 bridgehead atoms. The molecule has 84 valence electrons. The van der Waals surface area contributed by atoms with Gasteiger partial charge in [-0.25, -0.2) is 4.39 Å². The van der Waals surface area contributed by atoms with Gasteiger partial charge in [0.05, 0.1) is 11.9 Å². The zero-order valence-corrected chi connectivity index (χ0v) is 8.88. The summed E-state index contributed by atoms with van der Waals surface area (Å²) in [7, 11) is 0. The van der Waals surface area contributed by atoms with E-state index in [1.54, 1.807) is 6.07 Å². The molecule has 0 radical (unpaired) electrons. The zero-order valence-electron chi connectivity index (χ0n) is 8.88. The van der Waals surface area contributed by atoms with Gasteiger partial charge in [0.15, 0.2) is 0 Å². The number of carboxylic acid groups (broad SMARTS) is 1. The number of hydrogen-bond donors (Lipinski definition) is 2. The summed E-state index contributed by atoms with van der Waals surface area (Å²) >= 11 is 0. The lowest BCUT2D eigenvalue weighted by Gasteiger charge is -1.96. The number of aromatic amines is 1. The lowest BCUT2D eigenvalue weighted by atomic mass is 10.1. The number of para-hydroxylation sites is 1. The van der Waals surface area contributed by atoms with Gasteiger partial charge in [-0.2, -0.15) is 0 Å². The van der Waals surface area contributed by atoms with Gasteiger partial charge < -0.3 is 10.1 Å². The molecule has 0 spiro atoms. The van der Waals surface area contributed by atoms with Crippen molar-refractivity contribution in [3.8, 4) is 0 Å². The Labute approximate surface area is 91.9 Å². The van der Waals surface area contributed by atoms with Crippen LogP contribution < -0.4 is 0 Å². The fraction of sp³-hybridized carbons (Fsp3) is 0.250. The molecule has 1 heterocycles. The summed E-state index contributed by atoms with van der Waals surface area (Å²) in [4.78, 5) is 13.4. The number of carbonyl (C=O) groups is 1. The van der Waals surface area contributed by atoms with Crippen molar-refractivity contribution in [1.82, 2.24) is 4.98 Å². The molecule has 0 aliphatic rings. The van der Waals surface area contributed by atoms with Gasteiger partial charge >= 0.3 is 5.97 Å². The van der Waals surface area contributed by atoms with Gasteiger partial charge in [0.2, 0.25) is 0 Å². The topological polar surface area (TPSA) is 53.1 Å². The van der Waals surface area contributed by atoms with Crippen molar-refractivity contribution in [2.24, 2.45) is 0 Å². The summed E-state index contributed by atoms with van der Waals surface area (Å²) in [6.45, 7) is 1.87. The number of aromatic nitrogens is 1. The van der Waals surface area contributed by atoms with E-state index in [-0.39, 0.29) is 12.2 Å². The number of halogens is 1. The average molecular weight is 221 g/mol. The lowest BCUT2D eigenvalue weighted by Crippen LogP contribution is -1.98. The van der Waals surface area contributed by atoms with E-state index in [0.717, 1.165) is 16.6 Å². The second kappa shape index (κ2) is 3.96. The Hall–Kier alpha value is -1.84. The zero-order chi connectivity index (χ0) is 11.7. The molecule has 1 aromatic carbocycles. The minimum absolute atomic E-state index is 0.0509. The number of rotatable bonds is 3. The van der Waals surface area contributed by atoms with Crippen LogP contribution >= 0.6 is 0 Å². The van der Waals surface area contributed by atoms with Crippen LogP contribution in [0.4, 0.5) is 4.39 Å². The van der Waals surface area contributed by atoms with Gasteiger partial charge in [-0.3, -0.25) is 4.79 Å². The summed E-state index contributed by atoms with van der Waals surface area (Å²) in [6, 6.07) is 4.87. The van der Waals surface area contributed by atoms with Crippen molar-refractivity contribution in [3.05, 3.63) is 35.3 Å². The molecule has 2 rings (SSSR count). The molecule has 0 saturated heterocycles. The van der Waals surface area contributed by atoms with E-state index in [0.29, 0.717) is 11.9 Å². The van der Waals surface area contributed by atoms with Crippen molar-refractivity contribution >= 4 is 16.9 Å². The van der Waals surface area contributed by atoms with E-state index in [2.05, 4.69) is 4.98 Å². The second-order valence-corrected chi connectivity index (χ2v) is 3.78. The third-order valence-electron chi connectivity index (χ3n) is 2.74. The smallest absolute Gasteiger partial charge is 0.303 e. The van der Waals surface area contributed by atoms with Gasteiger partial charge in [0.25, 0.3) is 0 Å². The Kier molecular flexibility index (Phi) is 2.64. The summed E-state index contributed by atoms with van der Waals surface area (Å²) in [6.07, 6.45) is 0.449. The number of hydrogen-bond acceptors (Lipinski definition) is 1. The maximum atomic E-state index is 13.4. The summed E-state index contributed by atoms with van der Waals surface area (Å²) in [5.74, 6) is -1.15. The van der Waals surface area contributed by atoms with Crippen molar-refractivity contribution in [3.63, 3.8) is 0 Å². The van der Waals surface area contributed by atoms with Crippen LogP contribution in [-0.2, 0) is 11.2 Å². The third kappa shape index (κ3) is 1.78. The van der Waals surface area contributed by atoms with Crippen LogP contribution in [0.3, 0.4) is 0 Å². The molecule has 2 aromatic rings. The Balaban J connectivity index is 2.44. The van der Waals surface area contributed by atoms with Crippen molar-refractivity contribution in [1.29, 1.82) is 0 Å². The Morgan fingerprint density at radius 1 is 1.50 bits per heavy atom. The molecular weight excluding hydrogens is 209 g/mol. The van der Waals surface area contributed by atoms with Gasteiger partial charge in [0.1, 0.15) is 5.82 Å². The first-order valence-corrected chi connectivity index (χ1v) is 5.07. The molecule has 0 aliphatic heterocycles.